The van der Waals surface area contributed by atoms with Crippen LogP contribution in [0.4, 0.5) is 8.78 Å². The largest absolute Gasteiger partial charge is 0.435 e. The normalized spacial score (nSPS) is 12.3. The number of nitrogens with one attached hydrogen (secondary N) is 1. The predicted octanol–water partition coefficient (Wildman–Crippen LogP) is 4.25. The first-order valence-electron chi connectivity index (χ1n) is 8.10. The third-order valence-corrected chi connectivity index (χ3v) is 4.01. The summed E-state index contributed by atoms with van der Waals surface area (Å²) in [6.07, 6.45) is 0. The maximum absolute atomic E-state index is 12.2. The molecule has 2 aromatic rings. The average molecular weight is 383 g/mol. The molecule has 0 radical (unpaired) electrons. The van der Waals surface area contributed by atoms with E-state index in [1.165, 1.54) is 12.1 Å². The fourth-order valence-electron chi connectivity index (χ4n) is 2.51. The molecule has 0 spiro atoms. The van der Waals surface area contributed by atoms with Gasteiger partial charge in [-0.05, 0) is 49.4 Å². The molecule has 4 nitrogen and oxygen atoms in total. The lowest BCUT2D eigenvalue weighted by molar-refractivity contribution is -0.122. The van der Waals surface area contributed by atoms with Crippen molar-refractivity contribution in [1.82, 2.24) is 10.2 Å². The lowest BCUT2D eigenvalue weighted by Crippen LogP contribution is -2.36. The topological polar surface area (TPSA) is 41.6 Å². The first-order valence-corrected chi connectivity index (χ1v) is 8.48. The van der Waals surface area contributed by atoms with Gasteiger partial charge in [0.05, 0.1) is 12.6 Å². The van der Waals surface area contributed by atoms with Gasteiger partial charge < -0.3 is 10.1 Å². The fourth-order valence-corrected chi connectivity index (χ4v) is 2.64. The molecule has 0 fully saturated rings. The van der Waals surface area contributed by atoms with Crippen molar-refractivity contribution in [1.29, 1.82) is 0 Å². The number of hydrogen-bond acceptors (Lipinski definition) is 3. The van der Waals surface area contributed by atoms with Crippen molar-refractivity contribution in [3.63, 3.8) is 0 Å². The van der Waals surface area contributed by atoms with E-state index in [2.05, 4.69) is 10.1 Å². The molecule has 2 rings (SSSR count). The summed E-state index contributed by atoms with van der Waals surface area (Å²) in [6, 6.07) is 13.6. The Balaban J connectivity index is 1.81. The summed E-state index contributed by atoms with van der Waals surface area (Å²) in [5.41, 5.74) is 1.87. The summed E-state index contributed by atoms with van der Waals surface area (Å²) in [6.45, 7) is -0.205. The van der Waals surface area contributed by atoms with E-state index in [0.717, 1.165) is 11.1 Å². The van der Waals surface area contributed by atoms with Crippen molar-refractivity contribution in [2.24, 2.45) is 0 Å². The Kier molecular flexibility index (Phi) is 7.36. The molecule has 0 aliphatic rings. The maximum Gasteiger partial charge on any atom is 0.387 e. The highest BCUT2D eigenvalue weighted by Gasteiger charge is 2.12. The molecule has 0 aliphatic heterocycles. The van der Waals surface area contributed by atoms with Gasteiger partial charge in [0, 0.05) is 11.6 Å². The minimum absolute atomic E-state index is 0.104. The van der Waals surface area contributed by atoms with Crippen LogP contribution in [0.5, 0.6) is 5.75 Å². The highest BCUT2D eigenvalue weighted by Crippen LogP contribution is 2.17. The van der Waals surface area contributed by atoms with E-state index in [-0.39, 0.29) is 24.2 Å². The quantitative estimate of drug-likeness (QED) is 0.742. The van der Waals surface area contributed by atoms with E-state index in [1.54, 1.807) is 24.3 Å². The van der Waals surface area contributed by atoms with Gasteiger partial charge >= 0.3 is 6.61 Å². The van der Waals surface area contributed by atoms with Gasteiger partial charge in [-0.25, -0.2) is 0 Å². The number of amides is 1. The summed E-state index contributed by atoms with van der Waals surface area (Å²) in [5, 5.41) is 3.59. The van der Waals surface area contributed by atoms with E-state index in [0.29, 0.717) is 11.6 Å². The third kappa shape index (κ3) is 6.61. The number of carbonyl (C=O) groups excluding carboxylic acids is 1. The number of benzene rings is 2. The third-order valence-electron chi connectivity index (χ3n) is 3.76. The monoisotopic (exact) mass is 382 g/mol. The molecule has 0 saturated carbocycles. The number of rotatable bonds is 8. The minimum atomic E-state index is -2.84. The zero-order chi connectivity index (χ0) is 19.1. The smallest absolute Gasteiger partial charge is 0.387 e. The Hall–Kier alpha value is -2.18. The Morgan fingerprint density at radius 3 is 2.35 bits per heavy atom. The van der Waals surface area contributed by atoms with Gasteiger partial charge in [0.1, 0.15) is 5.75 Å². The average Bonchev–Trinajstić information content (AvgIpc) is 2.56. The van der Waals surface area contributed by atoms with Crippen molar-refractivity contribution in [2.45, 2.75) is 26.1 Å². The minimum Gasteiger partial charge on any atom is -0.435 e. The van der Waals surface area contributed by atoms with Crippen LogP contribution in [0.3, 0.4) is 0 Å². The Morgan fingerprint density at radius 1 is 1.15 bits per heavy atom. The second kappa shape index (κ2) is 9.50. The van der Waals surface area contributed by atoms with E-state index < -0.39 is 6.61 Å². The van der Waals surface area contributed by atoms with Crippen LogP contribution in [-0.2, 0) is 11.3 Å². The van der Waals surface area contributed by atoms with Crippen LogP contribution in [0, 0.1) is 0 Å². The van der Waals surface area contributed by atoms with Crippen LogP contribution < -0.4 is 10.1 Å². The number of carbonyl (C=O) groups is 1. The van der Waals surface area contributed by atoms with Gasteiger partial charge in [0.25, 0.3) is 0 Å². The van der Waals surface area contributed by atoms with Gasteiger partial charge in [0.15, 0.2) is 0 Å². The van der Waals surface area contributed by atoms with Crippen molar-refractivity contribution in [3.8, 4) is 5.75 Å². The van der Waals surface area contributed by atoms with E-state index >= 15 is 0 Å². The van der Waals surface area contributed by atoms with Gasteiger partial charge in [-0.2, -0.15) is 8.78 Å². The zero-order valence-electron chi connectivity index (χ0n) is 14.6. The molecular weight excluding hydrogens is 362 g/mol. The van der Waals surface area contributed by atoms with Crippen molar-refractivity contribution < 1.29 is 18.3 Å². The molecule has 1 N–H and O–H groups in total. The molecule has 0 bridgehead atoms. The first-order chi connectivity index (χ1) is 12.3. The first kappa shape index (κ1) is 20.1. The van der Waals surface area contributed by atoms with Crippen molar-refractivity contribution in [2.75, 3.05) is 13.6 Å². The molecular formula is C19H21ClF2N2O2. The Morgan fingerprint density at radius 2 is 1.77 bits per heavy atom. The molecule has 0 unspecified atom stereocenters. The van der Waals surface area contributed by atoms with Gasteiger partial charge in [-0.15, -0.1) is 0 Å². The molecule has 0 aliphatic carbocycles. The predicted molar refractivity (Wildman–Crippen MR) is 97.4 cm³/mol. The van der Waals surface area contributed by atoms with Crippen LogP contribution in [0.15, 0.2) is 48.5 Å². The molecule has 1 atom stereocenters. The number of hydrogen-bond donors (Lipinski definition) is 1. The Labute approximate surface area is 156 Å². The molecule has 0 aromatic heterocycles. The van der Waals surface area contributed by atoms with E-state index in [1.807, 2.05) is 31.0 Å². The van der Waals surface area contributed by atoms with Gasteiger partial charge in [-0.3, -0.25) is 9.69 Å². The van der Waals surface area contributed by atoms with Crippen LogP contribution in [-0.4, -0.2) is 31.0 Å². The maximum atomic E-state index is 12.2. The fraction of sp³-hybridized carbons (Fsp3) is 0.316. The van der Waals surface area contributed by atoms with Crippen LogP contribution >= 0.6 is 11.6 Å². The van der Waals surface area contributed by atoms with Crippen LogP contribution in [0.25, 0.3) is 0 Å². The molecule has 7 heteroatoms. The molecule has 140 valence electrons. The standard InChI is InChI=1S/C19H21ClF2N2O2/c1-13(15-5-7-16(20)8-6-15)23-18(25)12-24(2)11-14-3-9-17(10-4-14)26-19(21)22/h3-10,13,19H,11-12H2,1-2H3,(H,23,25)/t13-/m1/s1. The van der Waals surface area contributed by atoms with Crippen molar-refractivity contribution >= 4 is 17.5 Å². The summed E-state index contributed by atoms with van der Waals surface area (Å²) in [5.74, 6) is 0.00791. The summed E-state index contributed by atoms with van der Waals surface area (Å²) >= 11 is 5.86. The van der Waals surface area contributed by atoms with Crippen LogP contribution in [0.2, 0.25) is 5.02 Å². The number of halogens is 3. The van der Waals surface area contributed by atoms with Gasteiger partial charge in [0.2, 0.25) is 5.91 Å². The molecule has 2 aromatic carbocycles. The number of alkyl halides is 2. The highest BCUT2D eigenvalue weighted by molar-refractivity contribution is 6.30. The molecule has 1 amide bonds. The van der Waals surface area contributed by atoms with Gasteiger partial charge in [-0.1, -0.05) is 35.9 Å². The molecule has 0 saturated heterocycles. The number of nitrogens with zero attached hydrogens (tertiary/aromatic N) is 1. The Bertz CT molecular complexity index is 708. The SMILES string of the molecule is C[C@@H](NC(=O)CN(C)Cc1ccc(OC(F)F)cc1)c1ccc(Cl)cc1. The van der Waals surface area contributed by atoms with E-state index in [4.69, 9.17) is 11.6 Å². The zero-order valence-corrected chi connectivity index (χ0v) is 15.3. The summed E-state index contributed by atoms with van der Waals surface area (Å²) in [7, 11) is 1.82. The second-order valence-corrected chi connectivity index (χ2v) is 6.47. The van der Waals surface area contributed by atoms with Crippen molar-refractivity contribution in [3.05, 3.63) is 64.7 Å². The van der Waals surface area contributed by atoms with Crippen LogP contribution in [0.1, 0.15) is 24.1 Å². The highest BCUT2D eigenvalue weighted by atomic mass is 35.5. The molecule has 0 heterocycles. The second-order valence-electron chi connectivity index (χ2n) is 6.04. The summed E-state index contributed by atoms with van der Waals surface area (Å²) < 4.78 is 28.6. The number of ether oxygens (including phenoxy) is 1. The lowest BCUT2D eigenvalue weighted by atomic mass is 10.1. The summed E-state index contributed by atoms with van der Waals surface area (Å²) in [4.78, 5) is 14.0. The lowest BCUT2D eigenvalue weighted by Gasteiger charge is -2.19. The van der Waals surface area contributed by atoms with E-state index in [9.17, 15) is 13.6 Å². The number of likely N-dealkylation sites (N-methyl/N-ethyl adjacent to an activating group) is 1. The molecule has 26 heavy (non-hydrogen) atoms.